The van der Waals surface area contributed by atoms with E-state index in [4.69, 9.17) is 14.5 Å². The van der Waals surface area contributed by atoms with E-state index >= 15 is 0 Å². The number of hydrogen-bond acceptors (Lipinski definition) is 4. The third-order valence-corrected chi connectivity index (χ3v) is 5.88. The number of imidazole rings is 1. The minimum absolute atomic E-state index is 0.149. The fraction of sp³-hybridized carbons (Fsp3) is 0.440. The number of likely N-dealkylation sites (tertiary alicyclic amines) is 1. The molecule has 1 fully saturated rings. The summed E-state index contributed by atoms with van der Waals surface area (Å²) < 4.78 is 13.5. The number of methoxy groups -OCH3 is 1. The molecular weight excluding hydrogens is 390 g/mol. The topological polar surface area (TPSA) is 56.6 Å². The molecule has 31 heavy (non-hydrogen) atoms. The molecule has 4 rings (SSSR count). The molecule has 0 saturated carbocycles. The number of hydrogen-bond donors (Lipinski definition) is 0. The molecule has 1 atom stereocenters. The molecule has 6 heteroatoms. The molecule has 0 aliphatic carbocycles. The highest BCUT2D eigenvalue weighted by atomic mass is 16.5. The van der Waals surface area contributed by atoms with Gasteiger partial charge in [-0.15, -0.1) is 0 Å². The van der Waals surface area contributed by atoms with Gasteiger partial charge in [0.05, 0.1) is 24.8 Å². The van der Waals surface area contributed by atoms with E-state index in [1.165, 1.54) is 0 Å². The number of aromatic nitrogens is 2. The second-order valence-corrected chi connectivity index (χ2v) is 8.09. The maximum Gasteiger partial charge on any atom is 0.223 e. The molecule has 1 aromatic heterocycles. The van der Waals surface area contributed by atoms with Crippen LogP contribution in [0.2, 0.25) is 0 Å². The highest BCUT2D eigenvalue weighted by molar-refractivity contribution is 5.80. The Kier molecular flexibility index (Phi) is 6.75. The lowest BCUT2D eigenvalue weighted by atomic mass is 10.1. The summed E-state index contributed by atoms with van der Waals surface area (Å²) in [6, 6.07) is 15.9. The van der Waals surface area contributed by atoms with Crippen LogP contribution in [0.1, 0.15) is 44.3 Å². The second-order valence-electron chi connectivity index (χ2n) is 8.09. The number of benzene rings is 2. The molecule has 1 aliphatic heterocycles. The molecule has 1 amide bonds. The highest BCUT2D eigenvalue weighted by Crippen LogP contribution is 2.31. The van der Waals surface area contributed by atoms with Crippen molar-refractivity contribution in [2.75, 3.05) is 26.8 Å². The van der Waals surface area contributed by atoms with Crippen molar-refractivity contribution in [3.8, 4) is 11.5 Å². The number of ether oxygens (including phenoxy) is 2. The number of rotatable bonds is 10. The predicted molar refractivity (Wildman–Crippen MR) is 122 cm³/mol. The Morgan fingerprint density at radius 2 is 1.90 bits per heavy atom. The summed E-state index contributed by atoms with van der Waals surface area (Å²) in [7, 11) is 1.65. The number of amides is 1. The SMILES string of the molecule is CCCCN1C[C@H](c2nc3ccccc3n2CCCOc2cccc(OC)c2)CC1=O. The van der Waals surface area contributed by atoms with Gasteiger partial charge in [0, 0.05) is 38.0 Å². The van der Waals surface area contributed by atoms with Gasteiger partial charge in [-0.25, -0.2) is 4.98 Å². The minimum atomic E-state index is 0.149. The third-order valence-electron chi connectivity index (χ3n) is 5.88. The largest absolute Gasteiger partial charge is 0.497 e. The molecule has 0 radical (unpaired) electrons. The zero-order chi connectivity index (χ0) is 21.6. The summed E-state index contributed by atoms with van der Waals surface area (Å²) in [5.41, 5.74) is 2.11. The van der Waals surface area contributed by atoms with Crippen molar-refractivity contribution in [2.24, 2.45) is 0 Å². The predicted octanol–water partition coefficient (Wildman–Crippen LogP) is 4.63. The molecule has 0 unspecified atom stereocenters. The van der Waals surface area contributed by atoms with Gasteiger partial charge in [-0.2, -0.15) is 0 Å². The monoisotopic (exact) mass is 421 g/mol. The number of carbonyl (C=O) groups excluding carboxylic acids is 1. The van der Waals surface area contributed by atoms with Crippen LogP contribution in [0, 0.1) is 0 Å². The zero-order valence-corrected chi connectivity index (χ0v) is 18.4. The van der Waals surface area contributed by atoms with E-state index in [9.17, 15) is 4.79 Å². The zero-order valence-electron chi connectivity index (χ0n) is 18.4. The highest BCUT2D eigenvalue weighted by Gasteiger charge is 2.33. The number of nitrogens with zero attached hydrogens (tertiary/aromatic N) is 3. The summed E-state index contributed by atoms with van der Waals surface area (Å²) in [6.07, 6.45) is 3.55. The molecule has 0 N–H and O–H groups in total. The summed E-state index contributed by atoms with van der Waals surface area (Å²) in [4.78, 5) is 19.5. The average molecular weight is 422 g/mol. The maximum absolute atomic E-state index is 12.5. The Hall–Kier alpha value is -3.02. The number of carbonyl (C=O) groups is 1. The molecule has 1 saturated heterocycles. The summed E-state index contributed by atoms with van der Waals surface area (Å²) in [5.74, 6) is 3.02. The van der Waals surface area contributed by atoms with Crippen molar-refractivity contribution in [3.05, 3.63) is 54.4 Å². The molecular formula is C25H31N3O3. The van der Waals surface area contributed by atoms with Crippen LogP contribution in [0.15, 0.2) is 48.5 Å². The van der Waals surface area contributed by atoms with Crippen molar-refractivity contribution in [1.82, 2.24) is 14.5 Å². The standard InChI is InChI=1S/C25H31N3O3/c1-3-4-13-27-18-19(16-24(27)29)25-26-22-11-5-6-12-23(22)28(25)14-8-15-31-21-10-7-9-20(17-21)30-2/h5-7,9-12,17,19H,3-4,8,13-16,18H2,1-2H3/t19-/m1/s1. The van der Waals surface area contributed by atoms with Gasteiger partial charge in [0.15, 0.2) is 0 Å². The Labute approximate surface area is 183 Å². The molecule has 0 bridgehead atoms. The number of aryl methyl sites for hydroxylation is 1. The van der Waals surface area contributed by atoms with Gasteiger partial charge in [0.25, 0.3) is 0 Å². The van der Waals surface area contributed by atoms with E-state index in [2.05, 4.69) is 17.6 Å². The van der Waals surface area contributed by atoms with Crippen LogP contribution in [0.5, 0.6) is 11.5 Å². The second kappa shape index (κ2) is 9.86. The van der Waals surface area contributed by atoms with Gasteiger partial charge in [-0.1, -0.05) is 31.5 Å². The lowest BCUT2D eigenvalue weighted by Crippen LogP contribution is -2.26. The first kappa shape index (κ1) is 21.2. The fourth-order valence-corrected chi connectivity index (χ4v) is 4.25. The van der Waals surface area contributed by atoms with Crippen LogP contribution in [-0.4, -0.2) is 47.2 Å². The van der Waals surface area contributed by atoms with Crippen molar-refractivity contribution in [3.63, 3.8) is 0 Å². The van der Waals surface area contributed by atoms with E-state index in [0.29, 0.717) is 13.0 Å². The molecule has 2 heterocycles. The first-order valence-corrected chi connectivity index (χ1v) is 11.2. The van der Waals surface area contributed by atoms with Gasteiger partial charge in [0.2, 0.25) is 5.91 Å². The molecule has 2 aromatic carbocycles. The van der Waals surface area contributed by atoms with Gasteiger partial charge in [-0.3, -0.25) is 4.79 Å². The van der Waals surface area contributed by atoms with Crippen molar-refractivity contribution in [2.45, 2.75) is 45.1 Å². The van der Waals surface area contributed by atoms with Crippen molar-refractivity contribution >= 4 is 16.9 Å². The molecule has 164 valence electrons. The Bertz CT molecular complexity index is 1030. The lowest BCUT2D eigenvalue weighted by Gasteiger charge is -2.17. The summed E-state index contributed by atoms with van der Waals surface area (Å²) in [5, 5.41) is 0. The third kappa shape index (κ3) is 4.84. The molecule has 6 nitrogen and oxygen atoms in total. The van der Waals surface area contributed by atoms with E-state index in [0.717, 1.165) is 67.3 Å². The van der Waals surface area contributed by atoms with E-state index < -0.39 is 0 Å². The van der Waals surface area contributed by atoms with Crippen LogP contribution in [0.4, 0.5) is 0 Å². The number of para-hydroxylation sites is 2. The minimum Gasteiger partial charge on any atom is -0.497 e. The van der Waals surface area contributed by atoms with Crippen LogP contribution in [0.25, 0.3) is 11.0 Å². The first-order chi connectivity index (χ1) is 15.2. The quantitative estimate of drug-likeness (QED) is 0.448. The van der Waals surface area contributed by atoms with Gasteiger partial charge >= 0.3 is 0 Å². The van der Waals surface area contributed by atoms with E-state index in [-0.39, 0.29) is 11.8 Å². The van der Waals surface area contributed by atoms with Crippen LogP contribution in [-0.2, 0) is 11.3 Å². The average Bonchev–Trinajstić information content (AvgIpc) is 3.35. The van der Waals surface area contributed by atoms with Gasteiger partial charge in [0.1, 0.15) is 17.3 Å². The first-order valence-electron chi connectivity index (χ1n) is 11.2. The van der Waals surface area contributed by atoms with Crippen LogP contribution in [0.3, 0.4) is 0 Å². The Morgan fingerprint density at radius 1 is 1.06 bits per heavy atom. The van der Waals surface area contributed by atoms with Crippen molar-refractivity contribution in [1.29, 1.82) is 0 Å². The fourth-order valence-electron chi connectivity index (χ4n) is 4.25. The van der Waals surface area contributed by atoms with Crippen LogP contribution >= 0.6 is 0 Å². The van der Waals surface area contributed by atoms with Crippen LogP contribution < -0.4 is 9.47 Å². The van der Waals surface area contributed by atoms with E-state index in [1.807, 2.05) is 47.4 Å². The van der Waals surface area contributed by atoms with Gasteiger partial charge < -0.3 is 18.9 Å². The normalized spacial score (nSPS) is 16.3. The maximum atomic E-state index is 12.5. The Balaban J connectivity index is 1.46. The summed E-state index contributed by atoms with van der Waals surface area (Å²) >= 11 is 0. The van der Waals surface area contributed by atoms with E-state index in [1.54, 1.807) is 7.11 Å². The van der Waals surface area contributed by atoms with Crippen molar-refractivity contribution < 1.29 is 14.3 Å². The number of unbranched alkanes of at least 4 members (excludes halogenated alkanes) is 1. The van der Waals surface area contributed by atoms with Gasteiger partial charge in [-0.05, 0) is 37.1 Å². The molecule has 1 aliphatic rings. The smallest absolute Gasteiger partial charge is 0.223 e. The molecule has 0 spiro atoms. The molecule has 3 aromatic rings. The Morgan fingerprint density at radius 3 is 2.74 bits per heavy atom. The summed E-state index contributed by atoms with van der Waals surface area (Å²) in [6.45, 7) is 5.18. The number of fused-ring (bicyclic) bond motifs is 1. The lowest BCUT2D eigenvalue weighted by molar-refractivity contribution is -0.127.